The third-order valence-electron chi connectivity index (χ3n) is 5.58. The second-order valence-corrected chi connectivity index (χ2v) is 7.92. The van der Waals surface area contributed by atoms with Crippen LogP contribution in [-0.4, -0.2) is 47.1 Å². The molecule has 1 N–H and O–H groups in total. The summed E-state index contributed by atoms with van der Waals surface area (Å²) in [6, 6.07) is 3.53. The van der Waals surface area contributed by atoms with E-state index in [1.54, 1.807) is 0 Å². The smallest absolute Gasteiger partial charge is 0.0116 e. The van der Waals surface area contributed by atoms with Crippen molar-refractivity contribution < 1.29 is 0 Å². The number of piperidine rings is 1. The van der Waals surface area contributed by atoms with Crippen LogP contribution in [0.1, 0.15) is 58.3 Å². The average Bonchev–Trinajstić information content (AvgIpc) is 2.99. The highest BCUT2D eigenvalue weighted by atomic mass is 32.2. The van der Waals surface area contributed by atoms with Crippen LogP contribution >= 0.6 is 11.8 Å². The van der Waals surface area contributed by atoms with Crippen molar-refractivity contribution in [1.29, 1.82) is 0 Å². The molecule has 2 heterocycles. The first kappa shape index (κ1) is 14.2. The van der Waals surface area contributed by atoms with Gasteiger partial charge in [0.2, 0.25) is 0 Å². The summed E-state index contributed by atoms with van der Waals surface area (Å²) in [4.78, 5) is 2.96. The van der Waals surface area contributed by atoms with E-state index < -0.39 is 0 Å². The fourth-order valence-corrected chi connectivity index (χ4v) is 5.51. The number of rotatable bonds is 5. The largest absolute Gasteiger partial charge is 0.314 e. The van der Waals surface area contributed by atoms with Gasteiger partial charge in [0.15, 0.2) is 0 Å². The van der Waals surface area contributed by atoms with Crippen LogP contribution in [0.2, 0.25) is 0 Å². The summed E-state index contributed by atoms with van der Waals surface area (Å²) in [6.45, 7) is 3.49. The first-order valence-electron chi connectivity index (χ1n) is 8.35. The lowest BCUT2D eigenvalue weighted by Crippen LogP contribution is -2.52. The molecule has 1 saturated carbocycles. The predicted octanol–water partition coefficient (Wildman–Crippen LogP) is 3.27. The molecule has 2 saturated heterocycles. The Morgan fingerprint density at radius 3 is 2.21 bits per heavy atom. The lowest BCUT2D eigenvalue weighted by molar-refractivity contribution is 0.0725. The minimum atomic E-state index is 0.812. The van der Waals surface area contributed by atoms with Gasteiger partial charge in [-0.2, -0.15) is 11.8 Å². The zero-order valence-electron chi connectivity index (χ0n) is 12.6. The van der Waals surface area contributed by atoms with Crippen LogP contribution in [0.15, 0.2) is 0 Å². The van der Waals surface area contributed by atoms with Crippen molar-refractivity contribution in [2.75, 3.05) is 12.8 Å². The Bertz CT molecular complexity index is 282. The molecule has 0 amide bonds. The van der Waals surface area contributed by atoms with Crippen LogP contribution in [0.5, 0.6) is 0 Å². The Kier molecular flexibility index (Phi) is 4.76. The molecule has 0 aromatic heterocycles. The second-order valence-electron chi connectivity index (χ2n) is 6.78. The molecule has 0 radical (unpaired) electrons. The van der Waals surface area contributed by atoms with Gasteiger partial charge in [0.1, 0.15) is 0 Å². The van der Waals surface area contributed by atoms with Crippen molar-refractivity contribution >= 4 is 11.8 Å². The van der Waals surface area contributed by atoms with Crippen LogP contribution in [0.4, 0.5) is 0 Å². The maximum Gasteiger partial charge on any atom is 0.0116 e. The fourth-order valence-electron chi connectivity index (χ4n) is 4.73. The molecule has 4 atom stereocenters. The molecule has 19 heavy (non-hydrogen) atoms. The molecule has 0 aromatic carbocycles. The standard InChI is InChI=1S/C16H30N2S/c1-3-8-17-12-9-13-4-5-14(10-12)18(13)15-6-7-16(11-15)19-2/h12-17H,3-11H2,1-2H3. The van der Waals surface area contributed by atoms with E-state index in [2.05, 4.69) is 35.2 Å². The monoisotopic (exact) mass is 282 g/mol. The van der Waals surface area contributed by atoms with Gasteiger partial charge in [0.25, 0.3) is 0 Å². The van der Waals surface area contributed by atoms with E-state index in [1.807, 2.05) is 0 Å². The molecule has 4 unspecified atom stereocenters. The maximum atomic E-state index is 3.77. The number of nitrogens with zero attached hydrogens (tertiary/aromatic N) is 1. The number of nitrogens with one attached hydrogen (secondary N) is 1. The summed E-state index contributed by atoms with van der Waals surface area (Å²) in [7, 11) is 0. The van der Waals surface area contributed by atoms with Gasteiger partial charge in [-0.3, -0.25) is 4.90 Å². The van der Waals surface area contributed by atoms with E-state index >= 15 is 0 Å². The molecule has 3 rings (SSSR count). The molecule has 110 valence electrons. The van der Waals surface area contributed by atoms with E-state index in [0.717, 1.165) is 29.4 Å². The van der Waals surface area contributed by atoms with Gasteiger partial charge < -0.3 is 5.32 Å². The molecule has 3 heteroatoms. The summed E-state index contributed by atoms with van der Waals surface area (Å²) in [5.41, 5.74) is 0. The normalized spacial score (nSPS) is 42.9. The van der Waals surface area contributed by atoms with Crippen LogP contribution in [-0.2, 0) is 0 Å². The molecular weight excluding hydrogens is 252 g/mol. The number of hydrogen-bond acceptors (Lipinski definition) is 3. The highest BCUT2D eigenvalue weighted by Gasteiger charge is 2.45. The Labute approximate surface area is 123 Å². The van der Waals surface area contributed by atoms with Crippen molar-refractivity contribution in [3.05, 3.63) is 0 Å². The van der Waals surface area contributed by atoms with Crippen LogP contribution in [0.3, 0.4) is 0 Å². The van der Waals surface area contributed by atoms with E-state index in [4.69, 9.17) is 0 Å². The topological polar surface area (TPSA) is 15.3 Å². The zero-order valence-corrected chi connectivity index (χ0v) is 13.4. The Morgan fingerprint density at radius 1 is 1.00 bits per heavy atom. The molecular formula is C16H30N2S. The Morgan fingerprint density at radius 2 is 1.63 bits per heavy atom. The summed E-state index contributed by atoms with van der Waals surface area (Å²) in [5, 5.41) is 4.72. The summed E-state index contributed by atoms with van der Waals surface area (Å²) >= 11 is 2.10. The molecule has 3 aliphatic rings. The lowest BCUT2D eigenvalue weighted by Gasteiger charge is -2.43. The quantitative estimate of drug-likeness (QED) is 0.833. The SMILES string of the molecule is CCCNC1CC2CCC(C1)N2C1CCC(SC)C1. The van der Waals surface area contributed by atoms with Crippen molar-refractivity contribution in [3.63, 3.8) is 0 Å². The maximum absolute atomic E-state index is 3.77. The lowest BCUT2D eigenvalue weighted by atomic mass is 9.95. The first-order valence-corrected chi connectivity index (χ1v) is 9.64. The fraction of sp³-hybridized carbons (Fsp3) is 1.00. The van der Waals surface area contributed by atoms with Crippen molar-refractivity contribution in [2.24, 2.45) is 0 Å². The van der Waals surface area contributed by atoms with Gasteiger partial charge in [-0.05, 0) is 64.2 Å². The minimum absolute atomic E-state index is 0.812. The van der Waals surface area contributed by atoms with Gasteiger partial charge in [-0.25, -0.2) is 0 Å². The van der Waals surface area contributed by atoms with Crippen LogP contribution < -0.4 is 5.32 Å². The first-order chi connectivity index (χ1) is 9.31. The molecule has 0 spiro atoms. The third kappa shape index (κ3) is 2.98. The van der Waals surface area contributed by atoms with E-state index in [-0.39, 0.29) is 0 Å². The predicted molar refractivity (Wildman–Crippen MR) is 84.9 cm³/mol. The minimum Gasteiger partial charge on any atom is -0.314 e. The van der Waals surface area contributed by atoms with Crippen molar-refractivity contribution in [3.8, 4) is 0 Å². The number of fused-ring (bicyclic) bond motifs is 2. The van der Waals surface area contributed by atoms with E-state index in [0.29, 0.717) is 0 Å². The summed E-state index contributed by atoms with van der Waals surface area (Å²) < 4.78 is 0. The van der Waals surface area contributed by atoms with E-state index in [1.165, 1.54) is 57.9 Å². The number of hydrogen-bond donors (Lipinski definition) is 1. The highest BCUT2D eigenvalue weighted by Crippen LogP contribution is 2.42. The molecule has 0 aromatic rings. The third-order valence-corrected chi connectivity index (χ3v) is 6.68. The Balaban J connectivity index is 1.57. The Hall–Kier alpha value is 0.270. The average molecular weight is 282 g/mol. The van der Waals surface area contributed by atoms with Crippen molar-refractivity contribution in [1.82, 2.24) is 10.2 Å². The van der Waals surface area contributed by atoms with E-state index in [9.17, 15) is 0 Å². The molecule has 1 aliphatic carbocycles. The molecule has 3 fully saturated rings. The highest BCUT2D eigenvalue weighted by molar-refractivity contribution is 7.99. The molecule has 2 bridgehead atoms. The van der Waals surface area contributed by atoms with Gasteiger partial charge in [0, 0.05) is 29.4 Å². The summed E-state index contributed by atoms with van der Waals surface area (Å²) in [6.07, 6.45) is 13.7. The molecule has 2 nitrogen and oxygen atoms in total. The summed E-state index contributed by atoms with van der Waals surface area (Å²) in [5.74, 6) is 0. The van der Waals surface area contributed by atoms with Gasteiger partial charge in [-0.1, -0.05) is 6.92 Å². The molecule has 2 aliphatic heterocycles. The van der Waals surface area contributed by atoms with Crippen LogP contribution in [0.25, 0.3) is 0 Å². The van der Waals surface area contributed by atoms with Crippen LogP contribution in [0, 0.1) is 0 Å². The number of thioether (sulfide) groups is 1. The zero-order chi connectivity index (χ0) is 13.2. The van der Waals surface area contributed by atoms with Gasteiger partial charge in [0.05, 0.1) is 0 Å². The van der Waals surface area contributed by atoms with Gasteiger partial charge >= 0.3 is 0 Å². The van der Waals surface area contributed by atoms with Gasteiger partial charge in [-0.15, -0.1) is 0 Å². The second kappa shape index (κ2) is 6.36. The van der Waals surface area contributed by atoms with Crippen molar-refractivity contribution in [2.45, 2.75) is 87.7 Å².